The van der Waals surface area contributed by atoms with Gasteiger partial charge in [0.25, 0.3) is 0 Å². The van der Waals surface area contributed by atoms with E-state index in [0.29, 0.717) is 30.5 Å². The van der Waals surface area contributed by atoms with Crippen molar-refractivity contribution in [3.05, 3.63) is 29.8 Å². The number of benzene rings is 1. The summed E-state index contributed by atoms with van der Waals surface area (Å²) in [4.78, 5) is 11.3. The van der Waals surface area contributed by atoms with Crippen LogP contribution in [-0.2, 0) is 15.1 Å². The third-order valence-electron chi connectivity index (χ3n) is 3.04. The van der Waals surface area contributed by atoms with Gasteiger partial charge in [-0.25, -0.2) is 4.79 Å². The first kappa shape index (κ1) is 12.1. The number of carbonyl (C=O) groups is 1. The molecule has 1 saturated heterocycles. The van der Waals surface area contributed by atoms with E-state index in [4.69, 9.17) is 14.8 Å². The van der Waals surface area contributed by atoms with Crippen LogP contribution in [0.1, 0.15) is 18.4 Å². The van der Waals surface area contributed by atoms with Crippen LogP contribution in [0.4, 0.5) is 0 Å². The molecule has 0 amide bonds. The third-order valence-corrected chi connectivity index (χ3v) is 3.04. The maximum absolute atomic E-state index is 11.3. The van der Waals surface area contributed by atoms with Crippen molar-refractivity contribution >= 4 is 18.6 Å². The fraction of sp³-hybridized carbons (Fsp3) is 0.364. The zero-order valence-electron chi connectivity index (χ0n) is 9.17. The molecule has 6 heteroatoms. The van der Waals surface area contributed by atoms with Crippen LogP contribution in [0.15, 0.2) is 24.3 Å². The molecule has 0 saturated carbocycles. The van der Waals surface area contributed by atoms with Gasteiger partial charge in [0.1, 0.15) is 0 Å². The van der Waals surface area contributed by atoms with Crippen LogP contribution in [-0.4, -0.2) is 34.8 Å². The van der Waals surface area contributed by atoms with E-state index < -0.39 is 18.7 Å². The summed E-state index contributed by atoms with van der Waals surface area (Å²) in [7, 11) is -1.55. The van der Waals surface area contributed by atoms with Gasteiger partial charge in [-0.05, 0) is 23.9 Å². The maximum atomic E-state index is 11.3. The van der Waals surface area contributed by atoms with Gasteiger partial charge in [0.05, 0.1) is 0 Å². The standard InChI is InChI=1S/C11H13BO5/c13-10(14)11(6-1-7-17-11)8-2-4-9(5-3-8)12(15)16/h2-5,15-16H,1,6-7H2,(H,13,14). The van der Waals surface area contributed by atoms with E-state index in [9.17, 15) is 9.90 Å². The van der Waals surface area contributed by atoms with Gasteiger partial charge >= 0.3 is 13.1 Å². The molecule has 1 fully saturated rings. The number of hydrogen-bond acceptors (Lipinski definition) is 4. The highest BCUT2D eigenvalue weighted by Crippen LogP contribution is 2.36. The molecule has 0 aromatic heterocycles. The van der Waals surface area contributed by atoms with E-state index in [1.165, 1.54) is 12.1 Å². The second-order valence-corrected chi connectivity index (χ2v) is 4.08. The number of hydrogen-bond donors (Lipinski definition) is 3. The van der Waals surface area contributed by atoms with E-state index >= 15 is 0 Å². The van der Waals surface area contributed by atoms with Crippen LogP contribution in [0.25, 0.3) is 0 Å². The quantitative estimate of drug-likeness (QED) is 0.613. The maximum Gasteiger partial charge on any atom is 0.488 e. The highest BCUT2D eigenvalue weighted by molar-refractivity contribution is 6.58. The van der Waals surface area contributed by atoms with Crippen LogP contribution in [0, 0.1) is 0 Å². The first-order valence-electron chi connectivity index (χ1n) is 5.40. The highest BCUT2D eigenvalue weighted by atomic mass is 16.5. The van der Waals surface area contributed by atoms with Crippen molar-refractivity contribution in [1.82, 2.24) is 0 Å². The largest absolute Gasteiger partial charge is 0.488 e. The molecule has 1 aromatic rings. The summed E-state index contributed by atoms with van der Waals surface area (Å²) in [6.07, 6.45) is 1.14. The van der Waals surface area contributed by atoms with Gasteiger partial charge in [-0.15, -0.1) is 0 Å². The number of rotatable bonds is 3. The van der Waals surface area contributed by atoms with Gasteiger partial charge in [0.2, 0.25) is 0 Å². The van der Waals surface area contributed by atoms with Crippen molar-refractivity contribution < 1.29 is 24.7 Å². The minimum Gasteiger partial charge on any atom is -0.479 e. The Morgan fingerprint density at radius 1 is 1.29 bits per heavy atom. The van der Waals surface area contributed by atoms with Crippen molar-refractivity contribution in [3.63, 3.8) is 0 Å². The average Bonchev–Trinajstić information content (AvgIpc) is 2.79. The lowest BCUT2D eigenvalue weighted by molar-refractivity contribution is -0.161. The summed E-state index contributed by atoms with van der Waals surface area (Å²) in [5.41, 5.74) is -0.418. The molecule has 90 valence electrons. The van der Waals surface area contributed by atoms with E-state index in [1.54, 1.807) is 12.1 Å². The molecule has 0 spiro atoms. The van der Waals surface area contributed by atoms with E-state index in [1.807, 2.05) is 0 Å². The molecular formula is C11H13BO5. The van der Waals surface area contributed by atoms with Gasteiger partial charge in [-0.3, -0.25) is 0 Å². The lowest BCUT2D eigenvalue weighted by Crippen LogP contribution is -2.36. The molecule has 1 heterocycles. The summed E-state index contributed by atoms with van der Waals surface area (Å²) >= 11 is 0. The van der Waals surface area contributed by atoms with Crippen LogP contribution < -0.4 is 5.46 Å². The second kappa shape index (κ2) is 4.48. The summed E-state index contributed by atoms with van der Waals surface area (Å²) < 4.78 is 5.36. The Morgan fingerprint density at radius 3 is 2.35 bits per heavy atom. The SMILES string of the molecule is O=C(O)C1(c2ccc(B(O)O)cc2)CCCO1. The van der Waals surface area contributed by atoms with Gasteiger partial charge in [-0.2, -0.15) is 0 Å². The van der Waals surface area contributed by atoms with Crippen LogP contribution in [0.3, 0.4) is 0 Å². The highest BCUT2D eigenvalue weighted by Gasteiger charge is 2.44. The molecule has 0 radical (unpaired) electrons. The van der Waals surface area contributed by atoms with Crippen molar-refractivity contribution in [2.24, 2.45) is 0 Å². The molecule has 0 bridgehead atoms. The Bertz CT molecular complexity index is 408. The van der Waals surface area contributed by atoms with E-state index in [0.717, 1.165) is 0 Å². The minimum atomic E-state index is -1.55. The Kier molecular flexibility index (Phi) is 3.19. The lowest BCUT2D eigenvalue weighted by Gasteiger charge is -2.23. The molecule has 1 aliphatic rings. The van der Waals surface area contributed by atoms with E-state index in [-0.39, 0.29) is 0 Å². The van der Waals surface area contributed by atoms with Crippen molar-refractivity contribution in [1.29, 1.82) is 0 Å². The average molecular weight is 236 g/mol. The first-order valence-corrected chi connectivity index (χ1v) is 5.40. The molecule has 1 aromatic carbocycles. The lowest BCUT2D eigenvalue weighted by atomic mass is 9.78. The minimum absolute atomic E-state index is 0.326. The normalized spacial score (nSPS) is 23.6. The van der Waals surface area contributed by atoms with Crippen molar-refractivity contribution in [2.75, 3.05) is 6.61 Å². The fourth-order valence-electron chi connectivity index (χ4n) is 2.08. The third kappa shape index (κ3) is 2.07. The molecule has 5 nitrogen and oxygen atoms in total. The monoisotopic (exact) mass is 236 g/mol. The fourth-order valence-corrected chi connectivity index (χ4v) is 2.08. The Morgan fingerprint density at radius 2 is 1.94 bits per heavy atom. The number of aliphatic carboxylic acids is 1. The van der Waals surface area contributed by atoms with Crippen molar-refractivity contribution in [3.8, 4) is 0 Å². The summed E-state index contributed by atoms with van der Waals surface area (Å²) in [5.74, 6) is -1.01. The van der Waals surface area contributed by atoms with Gasteiger partial charge in [0, 0.05) is 6.61 Å². The first-order chi connectivity index (χ1) is 8.06. The molecule has 17 heavy (non-hydrogen) atoms. The Balaban J connectivity index is 2.35. The van der Waals surface area contributed by atoms with Gasteiger partial charge < -0.3 is 19.9 Å². The predicted molar refractivity (Wildman–Crippen MR) is 60.8 cm³/mol. The van der Waals surface area contributed by atoms with E-state index in [2.05, 4.69) is 0 Å². The van der Waals surface area contributed by atoms with Crippen LogP contribution in [0.2, 0.25) is 0 Å². The summed E-state index contributed by atoms with van der Waals surface area (Å²) in [6.45, 7) is 0.427. The number of ether oxygens (including phenoxy) is 1. The smallest absolute Gasteiger partial charge is 0.479 e. The molecule has 1 aliphatic heterocycles. The Hall–Kier alpha value is -1.37. The number of carboxylic acids is 1. The predicted octanol–water partition coefficient (Wildman–Crippen LogP) is -0.543. The zero-order chi connectivity index (χ0) is 12.5. The molecule has 1 atom stereocenters. The number of carboxylic acid groups (broad SMARTS) is 1. The Labute approximate surface area is 98.8 Å². The second-order valence-electron chi connectivity index (χ2n) is 4.08. The summed E-state index contributed by atoms with van der Waals surface area (Å²) in [5, 5.41) is 27.2. The van der Waals surface area contributed by atoms with Gasteiger partial charge in [0.15, 0.2) is 5.60 Å². The van der Waals surface area contributed by atoms with Gasteiger partial charge in [-0.1, -0.05) is 24.3 Å². The molecular weight excluding hydrogens is 223 g/mol. The van der Waals surface area contributed by atoms with Crippen LogP contribution in [0.5, 0.6) is 0 Å². The summed E-state index contributed by atoms with van der Waals surface area (Å²) in [6, 6.07) is 6.11. The zero-order valence-corrected chi connectivity index (χ0v) is 9.17. The topological polar surface area (TPSA) is 87.0 Å². The van der Waals surface area contributed by atoms with Crippen molar-refractivity contribution in [2.45, 2.75) is 18.4 Å². The molecule has 1 unspecified atom stereocenters. The molecule has 2 rings (SSSR count). The molecule has 3 N–H and O–H groups in total. The molecule has 0 aliphatic carbocycles. The van der Waals surface area contributed by atoms with Crippen LogP contribution >= 0.6 is 0 Å².